The van der Waals surface area contributed by atoms with Crippen molar-refractivity contribution in [2.75, 3.05) is 11.5 Å². The van der Waals surface area contributed by atoms with Gasteiger partial charge in [0.15, 0.2) is 0 Å². The Balaban J connectivity index is 0.000000270. The number of rotatable bonds is 6. The second kappa shape index (κ2) is 11.8. The lowest BCUT2D eigenvalue weighted by atomic mass is 9.47. The molecule has 0 amide bonds. The molecule has 0 saturated heterocycles. The Morgan fingerprint density at radius 1 is 1.03 bits per heavy atom. The zero-order chi connectivity index (χ0) is 28.5. The van der Waals surface area contributed by atoms with Gasteiger partial charge in [0, 0.05) is 0 Å². The number of para-hydroxylation sites is 1. The average Bonchev–Trinajstić information content (AvgIpc) is 3.23. The standard InChI is InChI=1S/C27H46O.C7H8N2O2/c1-18(2)7-6-8-19(3)23-11-12-24-22-10-9-20-17-21(28)13-15-26(20,4)25(22)14-16-27(23,24)5;8-5-3-1-2-4(6(5)9)7(10)11/h9,18-19,21-25,28H,6-8,10-17H2,1-5H3;1-3H,8-9H2,(H,10,11)/t19?,21-,22-,23+,24-,25-,26-,27+;/m0./s1. The summed E-state index contributed by atoms with van der Waals surface area (Å²) >= 11 is 0. The fourth-order valence-corrected chi connectivity index (χ4v) is 9.44. The molecule has 0 radical (unpaired) electrons. The number of carboxylic acid groups (broad SMARTS) is 1. The number of nitrogen functional groups attached to an aromatic ring is 2. The molecule has 3 fully saturated rings. The first-order valence-corrected chi connectivity index (χ1v) is 15.6. The van der Waals surface area contributed by atoms with Gasteiger partial charge in [-0.25, -0.2) is 4.79 Å². The fourth-order valence-electron chi connectivity index (χ4n) is 9.44. The highest BCUT2D eigenvalue weighted by molar-refractivity contribution is 5.96. The maximum Gasteiger partial charge on any atom is 0.337 e. The van der Waals surface area contributed by atoms with Gasteiger partial charge in [-0.2, -0.15) is 0 Å². The Morgan fingerprint density at radius 3 is 2.44 bits per heavy atom. The molecule has 218 valence electrons. The molecule has 0 aromatic heterocycles. The van der Waals surface area contributed by atoms with Gasteiger partial charge in [0.25, 0.3) is 0 Å². The molecule has 5 nitrogen and oxygen atoms in total. The number of carboxylic acids is 1. The highest BCUT2D eigenvalue weighted by atomic mass is 16.4. The van der Waals surface area contributed by atoms with Gasteiger partial charge in [-0.3, -0.25) is 0 Å². The van der Waals surface area contributed by atoms with E-state index in [9.17, 15) is 9.90 Å². The van der Waals surface area contributed by atoms with E-state index in [0.29, 0.717) is 16.5 Å². The number of aromatic carboxylic acids is 1. The van der Waals surface area contributed by atoms with Crippen molar-refractivity contribution in [1.82, 2.24) is 0 Å². The van der Waals surface area contributed by atoms with Crippen LogP contribution >= 0.6 is 0 Å². The molecule has 4 aliphatic rings. The SMILES string of the molecule is CC(C)CCCC(C)[C@H]1CC[C@H]2[C@@H]3CC=C4C[C@@H](O)CC[C@]4(C)[C@H]3CC[C@]12C.Nc1cccc(C(=O)O)c1N. The van der Waals surface area contributed by atoms with Crippen LogP contribution in [0.15, 0.2) is 29.8 Å². The van der Waals surface area contributed by atoms with Crippen LogP contribution in [-0.4, -0.2) is 22.3 Å². The summed E-state index contributed by atoms with van der Waals surface area (Å²) in [5.74, 6) is 4.40. The third-order valence-electron chi connectivity index (χ3n) is 11.6. The predicted octanol–water partition coefficient (Wildman–Crippen LogP) is 7.94. The zero-order valence-corrected chi connectivity index (χ0v) is 25.1. The van der Waals surface area contributed by atoms with Crippen molar-refractivity contribution in [3.8, 4) is 0 Å². The first-order valence-electron chi connectivity index (χ1n) is 15.6. The molecule has 0 bridgehead atoms. The number of carbonyl (C=O) groups is 1. The summed E-state index contributed by atoms with van der Waals surface area (Å²) in [6.45, 7) is 12.6. The van der Waals surface area contributed by atoms with E-state index in [1.54, 1.807) is 17.7 Å². The second-order valence-corrected chi connectivity index (χ2v) is 14.3. The fraction of sp³-hybridized carbons (Fsp3) is 0.735. The molecule has 1 aromatic rings. The molecule has 1 unspecified atom stereocenters. The number of hydrogen-bond donors (Lipinski definition) is 4. The van der Waals surface area contributed by atoms with Crippen LogP contribution in [0.1, 0.15) is 116 Å². The van der Waals surface area contributed by atoms with Gasteiger partial charge in [-0.1, -0.05) is 71.6 Å². The highest BCUT2D eigenvalue weighted by Crippen LogP contribution is 2.67. The van der Waals surface area contributed by atoms with Crippen molar-refractivity contribution in [2.24, 2.45) is 46.3 Å². The van der Waals surface area contributed by atoms with Crippen LogP contribution in [0.2, 0.25) is 0 Å². The van der Waals surface area contributed by atoms with E-state index in [-0.39, 0.29) is 17.4 Å². The lowest BCUT2D eigenvalue weighted by molar-refractivity contribution is -0.0573. The maximum absolute atomic E-state index is 10.4. The maximum atomic E-state index is 10.4. The van der Waals surface area contributed by atoms with Gasteiger partial charge >= 0.3 is 5.97 Å². The van der Waals surface area contributed by atoms with Crippen molar-refractivity contribution >= 4 is 17.3 Å². The van der Waals surface area contributed by atoms with Crippen molar-refractivity contribution in [3.63, 3.8) is 0 Å². The highest BCUT2D eigenvalue weighted by Gasteiger charge is 2.59. The predicted molar refractivity (Wildman–Crippen MR) is 161 cm³/mol. The largest absolute Gasteiger partial charge is 0.478 e. The third kappa shape index (κ3) is 5.89. The summed E-state index contributed by atoms with van der Waals surface area (Å²) in [5, 5.41) is 18.8. The summed E-state index contributed by atoms with van der Waals surface area (Å²) < 4.78 is 0. The van der Waals surface area contributed by atoms with Crippen molar-refractivity contribution in [2.45, 2.75) is 111 Å². The zero-order valence-electron chi connectivity index (χ0n) is 25.1. The van der Waals surface area contributed by atoms with Crippen molar-refractivity contribution in [1.29, 1.82) is 0 Å². The summed E-state index contributed by atoms with van der Waals surface area (Å²) in [6.07, 6.45) is 17.2. The molecule has 5 rings (SSSR count). The summed E-state index contributed by atoms with van der Waals surface area (Å²) in [7, 11) is 0. The quantitative estimate of drug-likeness (QED) is 0.217. The molecule has 1 aromatic carbocycles. The van der Waals surface area contributed by atoms with Gasteiger partial charge in [0.05, 0.1) is 23.0 Å². The number of hydrogen-bond acceptors (Lipinski definition) is 4. The smallest absolute Gasteiger partial charge is 0.337 e. The van der Waals surface area contributed by atoms with Gasteiger partial charge in [-0.15, -0.1) is 0 Å². The Morgan fingerprint density at radius 2 is 1.77 bits per heavy atom. The van der Waals surface area contributed by atoms with E-state index < -0.39 is 5.97 Å². The number of aliphatic hydroxyl groups is 1. The second-order valence-electron chi connectivity index (χ2n) is 14.3. The van der Waals surface area contributed by atoms with Gasteiger partial charge < -0.3 is 21.7 Å². The third-order valence-corrected chi connectivity index (χ3v) is 11.6. The molecule has 0 heterocycles. The van der Waals surface area contributed by atoms with E-state index in [0.717, 1.165) is 48.3 Å². The molecular formula is C34H54N2O3. The minimum atomic E-state index is -1.06. The average molecular weight is 539 g/mol. The number of nitrogens with two attached hydrogens (primary N) is 2. The van der Waals surface area contributed by atoms with Crippen LogP contribution < -0.4 is 11.5 Å². The van der Waals surface area contributed by atoms with E-state index in [2.05, 4.69) is 40.7 Å². The van der Waals surface area contributed by atoms with E-state index in [4.69, 9.17) is 16.6 Å². The first kappa shape index (κ1) is 30.0. The monoisotopic (exact) mass is 538 g/mol. The van der Waals surface area contributed by atoms with Gasteiger partial charge in [-0.05, 0) is 110 Å². The Hall–Kier alpha value is -2.01. The van der Waals surface area contributed by atoms with E-state index in [1.165, 1.54) is 63.9 Å². The van der Waals surface area contributed by atoms with Crippen LogP contribution in [0, 0.1) is 46.3 Å². The lowest BCUT2D eigenvalue weighted by Crippen LogP contribution is -2.50. The van der Waals surface area contributed by atoms with Crippen LogP contribution in [-0.2, 0) is 0 Å². The number of allylic oxidation sites excluding steroid dienone is 1. The minimum absolute atomic E-state index is 0.0463. The topological polar surface area (TPSA) is 110 Å². The van der Waals surface area contributed by atoms with Crippen LogP contribution in [0.3, 0.4) is 0 Å². The lowest BCUT2D eigenvalue weighted by Gasteiger charge is -2.58. The van der Waals surface area contributed by atoms with Crippen LogP contribution in [0.25, 0.3) is 0 Å². The number of benzene rings is 1. The molecule has 6 N–H and O–H groups in total. The van der Waals surface area contributed by atoms with E-state index >= 15 is 0 Å². The van der Waals surface area contributed by atoms with Crippen LogP contribution in [0.5, 0.6) is 0 Å². The number of fused-ring (bicyclic) bond motifs is 5. The molecular weight excluding hydrogens is 484 g/mol. The normalized spacial score (nSPS) is 36.1. The molecule has 5 heteroatoms. The Kier molecular flexibility index (Phi) is 9.10. The van der Waals surface area contributed by atoms with Gasteiger partial charge in [0.2, 0.25) is 0 Å². The number of aliphatic hydroxyl groups excluding tert-OH is 1. The minimum Gasteiger partial charge on any atom is -0.478 e. The van der Waals surface area contributed by atoms with Gasteiger partial charge in [0.1, 0.15) is 0 Å². The van der Waals surface area contributed by atoms with Crippen molar-refractivity contribution in [3.05, 3.63) is 35.4 Å². The molecule has 39 heavy (non-hydrogen) atoms. The number of anilines is 2. The Bertz CT molecular complexity index is 1050. The molecule has 8 atom stereocenters. The summed E-state index contributed by atoms with van der Waals surface area (Å²) in [4.78, 5) is 10.4. The molecule has 0 aliphatic heterocycles. The summed E-state index contributed by atoms with van der Waals surface area (Å²) in [6, 6.07) is 4.52. The first-order chi connectivity index (χ1) is 18.4. The Labute approximate surface area is 236 Å². The van der Waals surface area contributed by atoms with Crippen LogP contribution in [0.4, 0.5) is 11.4 Å². The van der Waals surface area contributed by atoms with Crippen molar-refractivity contribution < 1.29 is 15.0 Å². The molecule has 0 spiro atoms. The summed E-state index contributed by atoms with van der Waals surface area (Å²) in [5.41, 5.74) is 13.8. The molecule has 3 saturated carbocycles. The molecule has 4 aliphatic carbocycles. The van der Waals surface area contributed by atoms with E-state index in [1.807, 2.05) is 0 Å².